The van der Waals surface area contributed by atoms with Crippen molar-refractivity contribution in [1.82, 2.24) is 10.2 Å². The summed E-state index contributed by atoms with van der Waals surface area (Å²) >= 11 is 1.44. The Morgan fingerprint density at radius 1 is 1.37 bits per heavy atom. The van der Waals surface area contributed by atoms with E-state index >= 15 is 0 Å². The predicted octanol–water partition coefficient (Wildman–Crippen LogP) is 2.50. The van der Waals surface area contributed by atoms with E-state index in [0.717, 1.165) is 22.7 Å². The third-order valence-corrected chi connectivity index (χ3v) is 3.85. The molecule has 0 aromatic carbocycles. The van der Waals surface area contributed by atoms with Gasteiger partial charge in [0, 0.05) is 25.4 Å². The third-order valence-electron chi connectivity index (χ3n) is 2.77. The summed E-state index contributed by atoms with van der Waals surface area (Å²) in [4.78, 5) is 26.5. The highest BCUT2D eigenvalue weighted by atomic mass is 32.1. The Labute approximate surface area is 118 Å². The molecule has 1 heterocycles. The molecular formula is C14H22N2O2S. The number of carbonyl (C=O) groups excluding carboxylic acids is 2. The van der Waals surface area contributed by atoms with E-state index in [1.54, 1.807) is 4.90 Å². The van der Waals surface area contributed by atoms with E-state index in [0.29, 0.717) is 12.5 Å². The molecule has 0 unspecified atom stereocenters. The average molecular weight is 282 g/mol. The molecule has 0 aliphatic rings. The van der Waals surface area contributed by atoms with E-state index in [2.05, 4.69) is 19.2 Å². The van der Waals surface area contributed by atoms with Gasteiger partial charge < -0.3 is 10.2 Å². The lowest BCUT2D eigenvalue weighted by molar-refractivity contribution is -0.119. The summed E-state index contributed by atoms with van der Waals surface area (Å²) in [5.74, 6) is 0.587. The monoisotopic (exact) mass is 282 g/mol. The first kappa shape index (κ1) is 15.7. The highest BCUT2D eigenvalue weighted by Crippen LogP contribution is 2.18. The Kier molecular flexibility index (Phi) is 6.02. The van der Waals surface area contributed by atoms with Gasteiger partial charge in [-0.25, -0.2) is 0 Å². The largest absolute Gasteiger partial charge is 0.351 e. The number of thiophene rings is 1. The van der Waals surface area contributed by atoms with Crippen LogP contribution in [0.3, 0.4) is 0 Å². The maximum absolute atomic E-state index is 12.2. The zero-order valence-corrected chi connectivity index (χ0v) is 12.8. The van der Waals surface area contributed by atoms with Crippen LogP contribution in [0.4, 0.5) is 0 Å². The summed E-state index contributed by atoms with van der Waals surface area (Å²) in [7, 11) is 1.83. The average Bonchev–Trinajstić information content (AvgIpc) is 2.81. The fraction of sp³-hybridized carbons (Fsp3) is 0.571. The number of hydrogen-bond acceptors (Lipinski definition) is 3. The molecule has 19 heavy (non-hydrogen) atoms. The summed E-state index contributed by atoms with van der Waals surface area (Å²) in [6, 6.07) is 3.72. The van der Waals surface area contributed by atoms with Crippen LogP contribution in [0.2, 0.25) is 0 Å². The van der Waals surface area contributed by atoms with Gasteiger partial charge in [-0.15, -0.1) is 11.3 Å². The molecule has 1 N–H and O–H groups in total. The molecule has 0 spiro atoms. The number of carbonyl (C=O) groups is 2. The van der Waals surface area contributed by atoms with Gasteiger partial charge in [-0.05, 0) is 24.5 Å². The zero-order chi connectivity index (χ0) is 14.4. The van der Waals surface area contributed by atoms with Crippen LogP contribution in [0.15, 0.2) is 12.1 Å². The zero-order valence-electron chi connectivity index (χ0n) is 12.0. The van der Waals surface area contributed by atoms with Crippen LogP contribution >= 0.6 is 11.3 Å². The molecule has 1 rings (SSSR count). The molecule has 4 nitrogen and oxygen atoms in total. The summed E-state index contributed by atoms with van der Waals surface area (Å²) in [6.07, 6.45) is 1.01. The van der Waals surface area contributed by atoms with E-state index < -0.39 is 0 Å². The van der Waals surface area contributed by atoms with Crippen molar-refractivity contribution in [2.75, 3.05) is 13.6 Å². The van der Waals surface area contributed by atoms with Gasteiger partial charge >= 0.3 is 0 Å². The summed E-state index contributed by atoms with van der Waals surface area (Å²) < 4.78 is 0. The van der Waals surface area contributed by atoms with Gasteiger partial charge in [0.25, 0.3) is 5.91 Å². The Morgan fingerprint density at radius 2 is 2.05 bits per heavy atom. The molecule has 1 aromatic rings. The molecule has 106 valence electrons. The second-order valence-electron chi connectivity index (χ2n) is 5.08. The number of nitrogens with one attached hydrogen (secondary N) is 1. The Hall–Kier alpha value is -1.36. The first-order valence-corrected chi connectivity index (χ1v) is 7.30. The lowest BCUT2D eigenvalue weighted by Gasteiger charge is -2.17. The molecule has 0 bridgehead atoms. The quantitative estimate of drug-likeness (QED) is 0.871. The van der Waals surface area contributed by atoms with E-state index in [1.165, 1.54) is 18.3 Å². The first-order chi connectivity index (χ1) is 8.90. The van der Waals surface area contributed by atoms with Crippen molar-refractivity contribution in [2.45, 2.75) is 33.7 Å². The van der Waals surface area contributed by atoms with Crippen molar-refractivity contribution in [3.8, 4) is 0 Å². The van der Waals surface area contributed by atoms with Crippen LogP contribution in [-0.4, -0.2) is 30.3 Å². The normalized spacial score (nSPS) is 10.6. The van der Waals surface area contributed by atoms with Crippen LogP contribution in [-0.2, 0) is 11.3 Å². The van der Waals surface area contributed by atoms with Gasteiger partial charge in [-0.3, -0.25) is 9.59 Å². The van der Waals surface area contributed by atoms with Crippen molar-refractivity contribution < 1.29 is 9.59 Å². The molecule has 1 aromatic heterocycles. The van der Waals surface area contributed by atoms with Crippen LogP contribution < -0.4 is 5.32 Å². The molecular weight excluding hydrogens is 260 g/mol. The second-order valence-corrected chi connectivity index (χ2v) is 6.25. The molecule has 0 saturated heterocycles. The van der Waals surface area contributed by atoms with Gasteiger partial charge in [0.1, 0.15) is 0 Å². The van der Waals surface area contributed by atoms with Crippen molar-refractivity contribution in [1.29, 1.82) is 0 Å². The first-order valence-electron chi connectivity index (χ1n) is 6.48. The van der Waals surface area contributed by atoms with Gasteiger partial charge in [-0.1, -0.05) is 13.8 Å². The molecule has 2 amide bonds. The number of hydrogen-bond donors (Lipinski definition) is 1. The lowest BCUT2D eigenvalue weighted by atomic mass is 10.1. The van der Waals surface area contributed by atoms with Gasteiger partial charge in [0.2, 0.25) is 5.91 Å². The van der Waals surface area contributed by atoms with E-state index in [1.807, 2.05) is 19.2 Å². The molecule has 0 saturated carbocycles. The fourth-order valence-corrected chi connectivity index (χ4v) is 2.48. The Morgan fingerprint density at radius 3 is 2.63 bits per heavy atom. The van der Waals surface area contributed by atoms with E-state index in [9.17, 15) is 9.59 Å². The van der Waals surface area contributed by atoms with Crippen molar-refractivity contribution in [3.05, 3.63) is 21.9 Å². The maximum Gasteiger partial charge on any atom is 0.263 e. The minimum absolute atomic E-state index is 0.0553. The smallest absolute Gasteiger partial charge is 0.263 e. The fourth-order valence-electron chi connectivity index (χ4n) is 1.54. The molecule has 0 fully saturated rings. The van der Waals surface area contributed by atoms with Gasteiger partial charge in [0.15, 0.2) is 0 Å². The molecule has 0 radical (unpaired) electrons. The van der Waals surface area contributed by atoms with Crippen molar-refractivity contribution >= 4 is 23.2 Å². The van der Waals surface area contributed by atoms with Gasteiger partial charge in [0.05, 0.1) is 11.4 Å². The minimum atomic E-state index is -0.0599. The highest BCUT2D eigenvalue weighted by molar-refractivity contribution is 7.14. The summed E-state index contributed by atoms with van der Waals surface area (Å²) in [5, 5.41) is 2.73. The maximum atomic E-state index is 12.2. The Bertz CT molecular complexity index is 440. The van der Waals surface area contributed by atoms with Crippen LogP contribution in [0.25, 0.3) is 0 Å². The highest BCUT2D eigenvalue weighted by Gasteiger charge is 2.14. The van der Waals surface area contributed by atoms with E-state index in [-0.39, 0.29) is 11.8 Å². The molecule has 0 aliphatic carbocycles. The molecule has 0 aliphatic heterocycles. The standard InChI is InChI=1S/C14H22N2O2S/c1-10(2)7-8-16(4)14(18)13-6-5-12(19-13)9-15-11(3)17/h5-6,10H,7-9H2,1-4H3,(H,15,17). The summed E-state index contributed by atoms with van der Waals surface area (Å²) in [5.41, 5.74) is 0. The lowest BCUT2D eigenvalue weighted by Crippen LogP contribution is -2.27. The van der Waals surface area contributed by atoms with Crippen molar-refractivity contribution in [2.24, 2.45) is 5.92 Å². The SMILES string of the molecule is CC(=O)NCc1ccc(C(=O)N(C)CCC(C)C)s1. The minimum Gasteiger partial charge on any atom is -0.351 e. The number of amides is 2. The molecule has 5 heteroatoms. The number of nitrogens with zero attached hydrogens (tertiary/aromatic N) is 1. The van der Waals surface area contributed by atoms with Crippen molar-refractivity contribution in [3.63, 3.8) is 0 Å². The van der Waals surface area contributed by atoms with Crippen LogP contribution in [0.5, 0.6) is 0 Å². The second kappa shape index (κ2) is 7.28. The number of rotatable bonds is 6. The van der Waals surface area contributed by atoms with Gasteiger partial charge in [-0.2, -0.15) is 0 Å². The van der Waals surface area contributed by atoms with Crippen LogP contribution in [0.1, 0.15) is 41.7 Å². The predicted molar refractivity (Wildman–Crippen MR) is 78.3 cm³/mol. The van der Waals surface area contributed by atoms with E-state index in [4.69, 9.17) is 0 Å². The molecule has 0 atom stereocenters. The van der Waals surface area contributed by atoms with Crippen LogP contribution in [0, 0.1) is 5.92 Å². The Balaban J connectivity index is 2.55. The third kappa shape index (κ3) is 5.42. The summed E-state index contributed by atoms with van der Waals surface area (Å²) in [6.45, 7) is 7.04. The topological polar surface area (TPSA) is 49.4 Å².